The highest BCUT2D eigenvalue weighted by molar-refractivity contribution is 7.89. The Morgan fingerprint density at radius 1 is 1.26 bits per heavy atom. The molecule has 2 rings (SSSR count). The molecular weight excluding hydrogens is 271 g/mol. The number of hydrogen-bond acceptors (Lipinski definition) is 5. The third-order valence-corrected chi connectivity index (χ3v) is 4.49. The van der Waals surface area contributed by atoms with Gasteiger partial charge in [-0.3, -0.25) is 0 Å². The SMILES string of the molecule is CN1CCN(NS(=O)(=O)c2c(N)cccc2F)CC1. The van der Waals surface area contributed by atoms with Crippen LogP contribution < -0.4 is 10.6 Å². The first-order chi connectivity index (χ1) is 8.90. The number of piperazine rings is 1. The van der Waals surface area contributed by atoms with E-state index in [-0.39, 0.29) is 5.69 Å². The number of nitrogens with one attached hydrogen (secondary N) is 1. The molecule has 1 aromatic rings. The maximum Gasteiger partial charge on any atom is 0.258 e. The van der Waals surface area contributed by atoms with Crippen molar-refractivity contribution >= 4 is 15.7 Å². The molecule has 1 heterocycles. The Labute approximate surface area is 112 Å². The second-order valence-electron chi connectivity index (χ2n) is 4.54. The molecule has 3 N–H and O–H groups in total. The van der Waals surface area contributed by atoms with Crippen LogP contribution in [0.1, 0.15) is 0 Å². The Hall–Kier alpha value is -1.22. The lowest BCUT2D eigenvalue weighted by Crippen LogP contribution is -2.52. The smallest absolute Gasteiger partial charge is 0.258 e. The van der Waals surface area contributed by atoms with Gasteiger partial charge in [-0.2, -0.15) is 0 Å². The normalized spacial score (nSPS) is 18.6. The van der Waals surface area contributed by atoms with Crippen LogP contribution in [0, 0.1) is 5.82 Å². The van der Waals surface area contributed by atoms with Gasteiger partial charge in [0.2, 0.25) is 0 Å². The molecule has 0 saturated carbocycles. The average Bonchev–Trinajstić information content (AvgIpc) is 2.31. The summed E-state index contributed by atoms with van der Waals surface area (Å²) in [5.41, 5.74) is 5.45. The minimum absolute atomic E-state index is 0.0957. The van der Waals surface area contributed by atoms with Gasteiger partial charge in [-0.15, -0.1) is 4.83 Å². The van der Waals surface area contributed by atoms with Crippen LogP contribution >= 0.6 is 0 Å². The molecule has 0 bridgehead atoms. The maximum atomic E-state index is 13.6. The number of nitrogens with zero attached hydrogens (tertiary/aromatic N) is 2. The summed E-state index contributed by atoms with van der Waals surface area (Å²) in [4.78, 5) is 3.97. The number of hydrogen-bond donors (Lipinski definition) is 2. The summed E-state index contributed by atoms with van der Waals surface area (Å²) >= 11 is 0. The summed E-state index contributed by atoms with van der Waals surface area (Å²) in [7, 11) is -2.02. The van der Waals surface area contributed by atoms with E-state index in [1.807, 2.05) is 7.05 Å². The average molecular weight is 288 g/mol. The van der Waals surface area contributed by atoms with Crippen molar-refractivity contribution in [3.63, 3.8) is 0 Å². The number of nitrogen functional groups attached to an aromatic ring is 1. The van der Waals surface area contributed by atoms with Crippen molar-refractivity contribution in [1.82, 2.24) is 14.7 Å². The molecule has 6 nitrogen and oxygen atoms in total. The first-order valence-corrected chi connectivity index (χ1v) is 7.38. The van der Waals surface area contributed by atoms with E-state index in [0.29, 0.717) is 13.1 Å². The molecule has 1 aromatic carbocycles. The molecule has 0 amide bonds. The number of hydrazine groups is 1. The topological polar surface area (TPSA) is 78.7 Å². The fraction of sp³-hybridized carbons (Fsp3) is 0.455. The Balaban J connectivity index is 2.19. The van der Waals surface area contributed by atoms with Gasteiger partial charge in [0.05, 0.1) is 5.69 Å². The van der Waals surface area contributed by atoms with Crippen LogP contribution in [0.4, 0.5) is 10.1 Å². The van der Waals surface area contributed by atoms with Crippen LogP contribution in [0.15, 0.2) is 23.1 Å². The van der Waals surface area contributed by atoms with Gasteiger partial charge in [0.25, 0.3) is 10.0 Å². The van der Waals surface area contributed by atoms with Crippen molar-refractivity contribution in [3.05, 3.63) is 24.0 Å². The lowest BCUT2D eigenvalue weighted by molar-refractivity contribution is 0.134. The van der Waals surface area contributed by atoms with Gasteiger partial charge in [0.15, 0.2) is 0 Å². The molecule has 1 saturated heterocycles. The van der Waals surface area contributed by atoms with Crippen LogP contribution in [0.2, 0.25) is 0 Å². The molecule has 8 heteroatoms. The Morgan fingerprint density at radius 2 is 1.89 bits per heavy atom. The summed E-state index contributed by atoms with van der Waals surface area (Å²) in [5, 5.41) is 1.56. The summed E-state index contributed by atoms with van der Waals surface area (Å²) in [6.07, 6.45) is 0. The highest BCUT2D eigenvalue weighted by Crippen LogP contribution is 2.21. The zero-order valence-electron chi connectivity index (χ0n) is 10.6. The zero-order valence-corrected chi connectivity index (χ0v) is 11.5. The van der Waals surface area contributed by atoms with Crippen molar-refractivity contribution in [2.45, 2.75) is 4.90 Å². The zero-order chi connectivity index (χ0) is 14.0. The monoisotopic (exact) mass is 288 g/mol. The molecule has 106 valence electrons. The summed E-state index contributed by atoms with van der Waals surface area (Å²) in [6, 6.07) is 3.82. The highest BCUT2D eigenvalue weighted by Gasteiger charge is 2.26. The second-order valence-corrected chi connectivity index (χ2v) is 6.14. The molecule has 1 aliphatic heterocycles. The molecule has 1 fully saturated rings. The number of rotatable bonds is 3. The number of anilines is 1. The van der Waals surface area contributed by atoms with Gasteiger partial charge in [0.1, 0.15) is 10.7 Å². The fourth-order valence-electron chi connectivity index (χ4n) is 1.92. The second kappa shape index (κ2) is 5.41. The van der Waals surface area contributed by atoms with Crippen molar-refractivity contribution in [2.75, 3.05) is 39.0 Å². The van der Waals surface area contributed by atoms with Crippen LogP contribution in [0.3, 0.4) is 0 Å². The van der Waals surface area contributed by atoms with Crippen LogP contribution in [0.5, 0.6) is 0 Å². The lowest BCUT2D eigenvalue weighted by Gasteiger charge is -2.32. The molecule has 1 aliphatic rings. The summed E-state index contributed by atoms with van der Waals surface area (Å²) in [5.74, 6) is -0.846. The van der Waals surface area contributed by atoms with Gasteiger partial charge < -0.3 is 10.6 Å². The largest absolute Gasteiger partial charge is 0.398 e. The minimum atomic E-state index is -3.98. The van der Waals surface area contributed by atoms with E-state index in [4.69, 9.17) is 5.73 Å². The molecule has 0 unspecified atom stereocenters. The molecule has 0 radical (unpaired) electrons. The van der Waals surface area contributed by atoms with Crippen molar-refractivity contribution in [1.29, 1.82) is 0 Å². The van der Waals surface area contributed by atoms with E-state index in [2.05, 4.69) is 9.73 Å². The Kier molecular flexibility index (Phi) is 4.04. The van der Waals surface area contributed by atoms with E-state index in [0.717, 1.165) is 19.2 Å². The number of halogens is 1. The third kappa shape index (κ3) is 3.21. The highest BCUT2D eigenvalue weighted by atomic mass is 32.2. The molecule has 0 spiro atoms. The third-order valence-electron chi connectivity index (χ3n) is 3.02. The van der Waals surface area contributed by atoms with E-state index < -0.39 is 20.7 Å². The van der Waals surface area contributed by atoms with Gasteiger partial charge in [-0.05, 0) is 19.2 Å². The van der Waals surface area contributed by atoms with Gasteiger partial charge >= 0.3 is 0 Å². The van der Waals surface area contributed by atoms with Crippen LogP contribution in [0.25, 0.3) is 0 Å². The van der Waals surface area contributed by atoms with Gasteiger partial charge in [-0.25, -0.2) is 17.8 Å². The Bertz CT molecular complexity index is 536. The maximum absolute atomic E-state index is 13.6. The lowest BCUT2D eigenvalue weighted by atomic mass is 10.3. The van der Waals surface area contributed by atoms with Gasteiger partial charge in [0, 0.05) is 26.2 Å². The predicted molar refractivity (Wildman–Crippen MR) is 70.2 cm³/mol. The van der Waals surface area contributed by atoms with Crippen LogP contribution in [-0.4, -0.2) is 51.6 Å². The Morgan fingerprint density at radius 3 is 2.47 bits per heavy atom. The standard InChI is InChI=1S/C11H17FN4O2S/c1-15-5-7-16(8-6-15)14-19(17,18)11-9(12)3-2-4-10(11)13/h2-4,14H,5-8,13H2,1H3. The first-order valence-electron chi connectivity index (χ1n) is 5.90. The number of likely N-dealkylation sites (N-methyl/N-ethyl adjacent to an activating group) is 1. The minimum Gasteiger partial charge on any atom is -0.398 e. The summed E-state index contributed by atoms with van der Waals surface area (Å²) < 4.78 is 37.9. The van der Waals surface area contributed by atoms with Gasteiger partial charge in [-0.1, -0.05) is 6.07 Å². The van der Waals surface area contributed by atoms with Crippen molar-refractivity contribution in [3.8, 4) is 0 Å². The number of nitrogens with two attached hydrogens (primary N) is 1. The summed E-state index contributed by atoms with van der Waals surface area (Å²) in [6.45, 7) is 2.58. The van der Waals surface area contributed by atoms with E-state index in [9.17, 15) is 12.8 Å². The molecule has 0 aliphatic carbocycles. The first kappa shape index (κ1) is 14.2. The van der Waals surface area contributed by atoms with Crippen molar-refractivity contribution < 1.29 is 12.8 Å². The van der Waals surface area contributed by atoms with E-state index in [1.165, 1.54) is 12.1 Å². The van der Waals surface area contributed by atoms with E-state index in [1.54, 1.807) is 5.01 Å². The number of benzene rings is 1. The van der Waals surface area contributed by atoms with E-state index >= 15 is 0 Å². The predicted octanol–water partition coefficient (Wildman–Crippen LogP) is -0.151. The molecule has 0 atom stereocenters. The van der Waals surface area contributed by atoms with Crippen LogP contribution in [-0.2, 0) is 10.0 Å². The molecular formula is C11H17FN4O2S. The van der Waals surface area contributed by atoms with Crippen molar-refractivity contribution in [2.24, 2.45) is 0 Å². The number of sulfonamides is 1. The fourth-order valence-corrected chi connectivity index (χ4v) is 3.24. The molecule has 0 aromatic heterocycles. The quantitative estimate of drug-likeness (QED) is 0.756. The molecule has 19 heavy (non-hydrogen) atoms.